The number of allylic oxidation sites excluding steroid dienone is 1. The highest BCUT2D eigenvalue weighted by Crippen LogP contribution is 2.17. The maximum absolute atomic E-state index is 5.74. The molecule has 0 aliphatic carbocycles. The Morgan fingerprint density at radius 2 is 1.96 bits per heavy atom. The summed E-state index contributed by atoms with van der Waals surface area (Å²) in [6, 6.07) is 7.56. The van der Waals surface area contributed by atoms with Crippen molar-refractivity contribution in [3.63, 3.8) is 0 Å². The topological polar surface area (TPSA) is 75.2 Å². The summed E-state index contributed by atoms with van der Waals surface area (Å²) in [4.78, 5) is 0. The molecule has 23 heavy (non-hydrogen) atoms. The number of aromatic nitrogens is 3. The fraction of sp³-hybridized carbons (Fsp3) is 0.412. The SMILES string of the molecule is C=C(C)Cn1nnc(CN)c1CCCOc1ccc(OC)cc1. The molecule has 6 heteroatoms. The molecule has 0 amide bonds. The van der Waals surface area contributed by atoms with Crippen LogP contribution in [0.5, 0.6) is 11.5 Å². The quantitative estimate of drug-likeness (QED) is 0.567. The molecule has 0 radical (unpaired) electrons. The molecule has 0 saturated heterocycles. The van der Waals surface area contributed by atoms with Crippen molar-refractivity contribution in [2.24, 2.45) is 5.73 Å². The Morgan fingerprint density at radius 3 is 2.57 bits per heavy atom. The molecule has 1 aromatic heterocycles. The fourth-order valence-corrected chi connectivity index (χ4v) is 2.28. The van der Waals surface area contributed by atoms with Crippen LogP contribution in [0.1, 0.15) is 24.7 Å². The molecule has 1 heterocycles. The first kappa shape index (κ1) is 17.0. The second-order valence-corrected chi connectivity index (χ2v) is 5.43. The first-order chi connectivity index (χ1) is 11.1. The van der Waals surface area contributed by atoms with Crippen molar-refractivity contribution in [2.75, 3.05) is 13.7 Å². The lowest BCUT2D eigenvalue weighted by Gasteiger charge is -2.09. The van der Waals surface area contributed by atoms with Crippen molar-refractivity contribution in [1.82, 2.24) is 15.0 Å². The lowest BCUT2D eigenvalue weighted by Crippen LogP contribution is -2.10. The number of nitrogens with zero attached hydrogens (tertiary/aromatic N) is 3. The summed E-state index contributed by atoms with van der Waals surface area (Å²) >= 11 is 0. The van der Waals surface area contributed by atoms with E-state index in [1.165, 1.54) is 0 Å². The number of methoxy groups -OCH3 is 1. The molecule has 0 atom stereocenters. The van der Waals surface area contributed by atoms with E-state index in [2.05, 4.69) is 16.9 Å². The van der Waals surface area contributed by atoms with E-state index in [9.17, 15) is 0 Å². The van der Waals surface area contributed by atoms with Gasteiger partial charge in [0.05, 0.1) is 31.6 Å². The molecular weight excluding hydrogens is 292 g/mol. The lowest BCUT2D eigenvalue weighted by molar-refractivity contribution is 0.308. The van der Waals surface area contributed by atoms with Gasteiger partial charge in [-0.1, -0.05) is 17.4 Å². The van der Waals surface area contributed by atoms with Crippen LogP contribution in [-0.2, 0) is 19.5 Å². The molecule has 6 nitrogen and oxygen atoms in total. The van der Waals surface area contributed by atoms with Crippen LogP contribution in [0.3, 0.4) is 0 Å². The Balaban J connectivity index is 1.87. The van der Waals surface area contributed by atoms with E-state index in [0.717, 1.165) is 41.3 Å². The van der Waals surface area contributed by atoms with Crippen molar-refractivity contribution >= 4 is 0 Å². The number of benzene rings is 1. The third-order valence-electron chi connectivity index (χ3n) is 3.42. The van der Waals surface area contributed by atoms with Gasteiger partial charge in [0.1, 0.15) is 11.5 Å². The van der Waals surface area contributed by atoms with E-state index in [-0.39, 0.29) is 0 Å². The van der Waals surface area contributed by atoms with Gasteiger partial charge >= 0.3 is 0 Å². The lowest BCUT2D eigenvalue weighted by atomic mass is 10.2. The Bertz CT molecular complexity index is 635. The molecule has 2 N–H and O–H groups in total. The van der Waals surface area contributed by atoms with Gasteiger partial charge in [0.2, 0.25) is 0 Å². The largest absolute Gasteiger partial charge is 0.497 e. The van der Waals surface area contributed by atoms with E-state index in [1.807, 2.05) is 35.9 Å². The number of ether oxygens (including phenoxy) is 2. The minimum absolute atomic E-state index is 0.394. The van der Waals surface area contributed by atoms with Crippen molar-refractivity contribution in [2.45, 2.75) is 32.9 Å². The highest BCUT2D eigenvalue weighted by Gasteiger charge is 2.11. The average Bonchev–Trinajstić information content (AvgIpc) is 2.93. The van der Waals surface area contributed by atoms with E-state index in [0.29, 0.717) is 19.7 Å². The molecule has 0 aliphatic heterocycles. The Morgan fingerprint density at radius 1 is 1.26 bits per heavy atom. The van der Waals surface area contributed by atoms with Gasteiger partial charge in [-0.3, -0.25) is 0 Å². The third kappa shape index (κ3) is 4.82. The summed E-state index contributed by atoms with van der Waals surface area (Å²) in [5, 5.41) is 8.29. The Labute approximate surface area is 136 Å². The van der Waals surface area contributed by atoms with Gasteiger partial charge in [0.25, 0.3) is 0 Å². The maximum Gasteiger partial charge on any atom is 0.119 e. The summed E-state index contributed by atoms with van der Waals surface area (Å²) in [5.74, 6) is 1.65. The molecule has 0 saturated carbocycles. The van der Waals surface area contributed by atoms with Crippen LogP contribution in [-0.4, -0.2) is 28.7 Å². The predicted octanol–water partition coefficient (Wildman–Crippen LogP) is 2.33. The van der Waals surface area contributed by atoms with Crippen LogP contribution in [0, 0.1) is 0 Å². The van der Waals surface area contributed by atoms with E-state index in [1.54, 1.807) is 7.11 Å². The van der Waals surface area contributed by atoms with Crippen molar-refractivity contribution in [3.05, 3.63) is 47.8 Å². The summed E-state index contributed by atoms with van der Waals surface area (Å²) in [7, 11) is 1.65. The van der Waals surface area contributed by atoms with E-state index < -0.39 is 0 Å². The van der Waals surface area contributed by atoms with Gasteiger partial charge in [0, 0.05) is 6.54 Å². The number of hydrogen-bond donors (Lipinski definition) is 1. The minimum atomic E-state index is 0.394. The first-order valence-corrected chi connectivity index (χ1v) is 7.66. The van der Waals surface area contributed by atoms with Gasteiger partial charge in [-0.05, 0) is 44.0 Å². The normalized spacial score (nSPS) is 10.6. The average molecular weight is 316 g/mol. The van der Waals surface area contributed by atoms with Crippen LogP contribution in [0.2, 0.25) is 0 Å². The zero-order chi connectivity index (χ0) is 16.7. The predicted molar refractivity (Wildman–Crippen MR) is 89.5 cm³/mol. The van der Waals surface area contributed by atoms with Crippen molar-refractivity contribution < 1.29 is 9.47 Å². The van der Waals surface area contributed by atoms with Crippen LogP contribution in [0.25, 0.3) is 0 Å². The van der Waals surface area contributed by atoms with Crippen molar-refractivity contribution in [3.8, 4) is 11.5 Å². The monoisotopic (exact) mass is 316 g/mol. The molecule has 124 valence electrons. The first-order valence-electron chi connectivity index (χ1n) is 7.66. The molecule has 2 aromatic rings. The number of hydrogen-bond acceptors (Lipinski definition) is 5. The molecule has 1 aromatic carbocycles. The van der Waals surface area contributed by atoms with E-state index in [4.69, 9.17) is 15.2 Å². The third-order valence-corrected chi connectivity index (χ3v) is 3.42. The van der Waals surface area contributed by atoms with Gasteiger partial charge in [-0.25, -0.2) is 4.68 Å². The standard InChI is InChI=1S/C17H24N4O2/c1-13(2)12-21-17(16(11-18)19-20-21)5-4-10-23-15-8-6-14(22-3)7-9-15/h6-9H,1,4-5,10-12,18H2,2-3H3. The van der Waals surface area contributed by atoms with Crippen LogP contribution >= 0.6 is 0 Å². The second-order valence-electron chi connectivity index (χ2n) is 5.43. The van der Waals surface area contributed by atoms with Crippen LogP contribution in [0.15, 0.2) is 36.4 Å². The molecule has 0 aliphatic rings. The summed E-state index contributed by atoms with van der Waals surface area (Å²) in [6.45, 7) is 7.58. The zero-order valence-corrected chi connectivity index (χ0v) is 13.8. The molecule has 2 rings (SSSR count). The maximum atomic E-state index is 5.74. The van der Waals surface area contributed by atoms with Gasteiger partial charge in [-0.2, -0.15) is 0 Å². The van der Waals surface area contributed by atoms with Gasteiger partial charge in [0.15, 0.2) is 0 Å². The van der Waals surface area contributed by atoms with Crippen LogP contribution in [0.4, 0.5) is 0 Å². The minimum Gasteiger partial charge on any atom is -0.497 e. The van der Waals surface area contributed by atoms with Gasteiger partial charge < -0.3 is 15.2 Å². The highest BCUT2D eigenvalue weighted by molar-refractivity contribution is 5.31. The van der Waals surface area contributed by atoms with Crippen LogP contribution < -0.4 is 15.2 Å². The Kier molecular flexibility index (Phi) is 6.17. The summed E-state index contributed by atoms with van der Waals surface area (Å²) < 4.78 is 12.7. The summed E-state index contributed by atoms with van der Waals surface area (Å²) in [5.41, 5.74) is 8.68. The number of nitrogens with two attached hydrogens (primary N) is 1. The number of rotatable bonds is 9. The zero-order valence-electron chi connectivity index (χ0n) is 13.8. The second kappa shape index (κ2) is 8.33. The molecule has 0 spiro atoms. The highest BCUT2D eigenvalue weighted by atomic mass is 16.5. The fourth-order valence-electron chi connectivity index (χ4n) is 2.28. The summed E-state index contributed by atoms with van der Waals surface area (Å²) in [6.07, 6.45) is 1.69. The molecule has 0 unspecified atom stereocenters. The van der Waals surface area contributed by atoms with Crippen molar-refractivity contribution in [1.29, 1.82) is 0 Å². The molecule has 0 fully saturated rings. The smallest absolute Gasteiger partial charge is 0.119 e. The molecular formula is C17H24N4O2. The Hall–Kier alpha value is -2.34. The van der Waals surface area contributed by atoms with Gasteiger partial charge in [-0.15, -0.1) is 5.10 Å². The van der Waals surface area contributed by atoms with E-state index >= 15 is 0 Å². The molecule has 0 bridgehead atoms.